The van der Waals surface area contributed by atoms with E-state index in [-0.39, 0.29) is 24.4 Å². The van der Waals surface area contributed by atoms with Crippen molar-refractivity contribution in [2.75, 3.05) is 31.1 Å². The molecular weight excluding hydrogens is 370 g/mol. The van der Waals surface area contributed by atoms with Gasteiger partial charge in [-0.15, -0.1) is 17.5 Å². The van der Waals surface area contributed by atoms with Crippen LogP contribution in [-0.2, 0) is 0 Å². The number of benzene rings is 1. The Bertz CT molecular complexity index is 719. The number of thioether (sulfide) groups is 1. The second kappa shape index (κ2) is 8.88. The van der Waals surface area contributed by atoms with Gasteiger partial charge < -0.3 is 10.2 Å². The summed E-state index contributed by atoms with van der Waals surface area (Å²) in [5, 5.41) is 11.8. The molecule has 0 radical (unpaired) electrons. The molecule has 4 rings (SSSR count). The maximum atomic E-state index is 13.1. The number of amides is 1. The molecule has 0 bridgehead atoms. The molecule has 1 aromatic carbocycles. The highest BCUT2D eigenvalue weighted by molar-refractivity contribution is 7.99. The molecule has 26 heavy (non-hydrogen) atoms. The lowest BCUT2D eigenvalue weighted by atomic mass is 10.1. The van der Waals surface area contributed by atoms with E-state index in [2.05, 4.69) is 27.8 Å². The minimum Gasteiger partial charge on any atom is -0.328 e. The summed E-state index contributed by atoms with van der Waals surface area (Å²) in [5.41, 5.74) is 1.65. The van der Waals surface area contributed by atoms with Crippen molar-refractivity contribution >= 4 is 30.1 Å². The molecule has 2 aromatic rings. The molecule has 1 amide bonds. The molecule has 6 nitrogen and oxygen atoms in total. The van der Waals surface area contributed by atoms with Gasteiger partial charge in [0.15, 0.2) is 5.69 Å². The third-order valence-corrected chi connectivity index (χ3v) is 6.01. The molecule has 2 fully saturated rings. The lowest BCUT2D eigenvalue weighted by Gasteiger charge is -2.35. The van der Waals surface area contributed by atoms with Crippen LogP contribution in [0.3, 0.4) is 0 Å². The zero-order valence-electron chi connectivity index (χ0n) is 14.6. The van der Waals surface area contributed by atoms with E-state index >= 15 is 0 Å². The molecule has 0 spiro atoms. The van der Waals surface area contributed by atoms with Crippen LogP contribution >= 0.6 is 24.2 Å². The fraction of sp³-hybridized carbons (Fsp3) is 0.500. The van der Waals surface area contributed by atoms with Gasteiger partial charge in [0.2, 0.25) is 0 Å². The number of piperidine rings is 1. The number of carbonyl (C=O) groups excluding carboxylic acids is 1. The molecule has 2 aliphatic rings. The Labute approximate surface area is 164 Å². The Morgan fingerprint density at radius 1 is 1.19 bits per heavy atom. The predicted molar refractivity (Wildman–Crippen MR) is 106 cm³/mol. The van der Waals surface area contributed by atoms with Gasteiger partial charge in [-0.3, -0.25) is 4.79 Å². The van der Waals surface area contributed by atoms with Gasteiger partial charge >= 0.3 is 0 Å². The first-order valence-electron chi connectivity index (χ1n) is 8.89. The fourth-order valence-corrected chi connectivity index (χ4v) is 4.66. The Balaban J connectivity index is 0.00000196. The number of aromatic nitrogens is 3. The summed E-state index contributed by atoms with van der Waals surface area (Å²) in [5.74, 6) is 1.89. The Kier molecular flexibility index (Phi) is 6.56. The highest BCUT2D eigenvalue weighted by Crippen LogP contribution is 2.30. The molecule has 3 heterocycles. The third kappa shape index (κ3) is 4.05. The second-order valence-electron chi connectivity index (χ2n) is 6.56. The molecule has 140 valence electrons. The Morgan fingerprint density at radius 3 is 2.73 bits per heavy atom. The summed E-state index contributed by atoms with van der Waals surface area (Å²) in [6.07, 6.45) is 3.90. The largest absolute Gasteiger partial charge is 0.328 e. The number of rotatable bonds is 3. The third-order valence-electron chi connectivity index (χ3n) is 4.99. The zero-order valence-corrected chi connectivity index (χ0v) is 16.2. The summed E-state index contributed by atoms with van der Waals surface area (Å²) in [6.45, 7) is 2.74. The van der Waals surface area contributed by atoms with Gasteiger partial charge in [-0.1, -0.05) is 35.5 Å². The normalized spacial score (nSPS) is 21.2. The molecule has 0 saturated carbocycles. The van der Waals surface area contributed by atoms with Crippen molar-refractivity contribution in [3.8, 4) is 0 Å². The summed E-state index contributed by atoms with van der Waals surface area (Å²) in [7, 11) is 0. The van der Waals surface area contributed by atoms with E-state index in [4.69, 9.17) is 0 Å². The molecule has 1 unspecified atom stereocenters. The lowest BCUT2D eigenvalue weighted by molar-refractivity contribution is 0.0695. The van der Waals surface area contributed by atoms with Crippen molar-refractivity contribution in [1.29, 1.82) is 0 Å². The van der Waals surface area contributed by atoms with Gasteiger partial charge in [-0.25, -0.2) is 4.68 Å². The van der Waals surface area contributed by atoms with Crippen LogP contribution < -0.4 is 5.32 Å². The van der Waals surface area contributed by atoms with Crippen molar-refractivity contribution in [3.05, 3.63) is 47.8 Å². The van der Waals surface area contributed by atoms with E-state index in [1.807, 2.05) is 45.7 Å². The monoisotopic (exact) mass is 393 g/mol. The van der Waals surface area contributed by atoms with E-state index < -0.39 is 0 Å². The summed E-state index contributed by atoms with van der Waals surface area (Å²) < 4.78 is 1.88. The minimum absolute atomic E-state index is 0. The summed E-state index contributed by atoms with van der Waals surface area (Å²) in [4.78, 5) is 15.0. The fourth-order valence-electron chi connectivity index (χ4n) is 3.57. The molecular formula is C18H24ClN5OS. The average molecular weight is 394 g/mol. The van der Waals surface area contributed by atoms with Crippen LogP contribution in [0.2, 0.25) is 0 Å². The maximum Gasteiger partial charge on any atom is 0.276 e. The molecule has 1 aromatic heterocycles. The molecule has 2 aliphatic heterocycles. The maximum absolute atomic E-state index is 13.1. The number of halogens is 1. The summed E-state index contributed by atoms with van der Waals surface area (Å²) in [6, 6.07) is 10.7. The Morgan fingerprint density at radius 2 is 1.96 bits per heavy atom. The van der Waals surface area contributed by atoms with E-state index in [1.54, 1.807) is 0 Å². The Hall–Kier alpha value is -1.57. The summed E-state index contributed by atoms with van der Waals surface area (Å²) >= 11 is 1.90. The van der Waals surface area contributed by atoms with Crippen LogP contribution in [-0.4, -0.2) is 56.9 Å². The van der Waals surface area contributed by atoms with E-state index in [0.29, 0.717) is 11.7 Å². The van der Waals surface area contributed by atoms with Gasteiger partial charge in [0.25, 0.3) is 5.91 Å². The number of hydrogen-bond donors (Lipinski definition) is 1. The van der Waals surface area contributed by atoms with Crippen molar-refractivity contribution in [3.63, 3.8) is 0 Å². The smallest absolute Gasteiger partial charge is 0.276 e. The topological polar surface area (TPSA) is 63.1 Å². The molecule has 2 saturated heterocycles. The van der Waals surface area contributed by atoms with Crippen molar-refractivity contribution in [2.45, 2.75) is 24.9 Å². The lowest BCUT2D eigenvalue weighted by Crippen LogP contribution is -2.41. The van der Waals surface area contributed by atoms with Gasteiger partial charge in [0.1, 0.15) is 0 Å². The molecule has 8 heteroatoms. The first-order chi connectivity index (χ1) is 12.3. The second-order valence-corrected chi connectivity index (χ2v) is 7.71. The number of hydrogen-bond acceptors (Lipinski definition) is 5. The van der Waals surface area contributed by atoms with Crippen LogP contribution in [0, 0.1) is 0 Å². The van der Waals surface area contributed by atoms with Crippen molar-refractivity contribution in [2.24, 2.45) is 0 Å². The van der Waals surface area contributed by atoms with Gasteiger partial charge in [-0.05, 0) is 31.5 Å². The number of nitrogens with one attached hydrogen (secondary N) is 1. The van der Waals surface area contributed by atoms with Crippen molar-refractivity contribution in [1.82, 2.24) is 25.2 Å². The van der Waals surface area contributed by atoms with Crippen LogP contribution in [0.25, 0.3) is 0 Å². The van der Waals surface area contributed by atoms with E-state index in [0.717, 1.165) is 44.0 Å². The van der Waals surface area contributed by atoms with Crippen molar-refractivity contribution < 1.29 is 4.79 Å². The van der Waals surface area contributed by atoms with Crippen LogP contribution in [0.1, 0.15) is 41.0 Å². The van der Waals surface area contributed by atoms with Gasteiger partial charge in [0, 0.05) is 18.1 Å². The zero-order chi connectivity index (χ0) is 17.1. The minimum atomic E-state index is -0.00524. The van der Waals surface area contributed by atoms with E-state index in [9.17, 15) is 4.79 Å². The number of carbonyl (C=O) groups is 1. The van der Waals surface area contributed by atoms with Crippen LogP contribution in [0.5, 0.6) is 0 Å². The SMILES string of the molecule is Cl.O=C(c1cn(C2CCNCC2)nn1)N1CCSCC1c1ccccc1. The van der Waals surface area contributed by atoms with E-state index in [1.165, 1.54) is 5.56 Å². The predicted octanol–water partition coefficient (Wildman–Crippen LogP) is 2.55. The molecule has 1 atom stereocenters. The standard InChI is InChI=1S/C18H23N5OS.ClH/c24-18(16-12-23(21-20-16)15-6-8-19-9-7-15)22-10-11-25-13-17(22)14-4-2-1-3-5-14;/h1-5,12,15,17,19H,6-11,13H2;1H. The highest BCUT2D eigenvalue weighted by Gasteiger charge is 2.31. The quantitative estimate of drug-likeness (QED) is 0.868. The average Bonchev–Trinajstić information content (AvgIpc) is 3.19. The number of nitrogens with zero attached hydrogens (tertiary/aromatic N) is 4. The molecule has 0 aliphatic carbocycles. The van der Waals surface area contributed by atoms with Crippen LogP contribution in [0.15, 0.2) is 36.5 Å². The van der Waals surface area contributed by atoms with Gasteiger partial charge in [0.05, 0.1) is 18.3 Å². The first kappa shape index (κ1) is 19.2. The van der Waals surface area contributed by atoms with Gasteiger partial charge in [-0.2, -0.15) is 11.8 Å². The molecule has 1 N–H and O–H groups in total. The first-order valence-corrected chi connectivity index (χ1v) is 10.0. The highest BCUT2D eigenvalue weighted by atomic mass is 35.5. The van der Waals surface area contributed by atoms with Crippen LogP contribution in [0.4, 0.5) is 0 Å².